The third kappa shape index (κ3) is 6.65. The molecule has 2 heterocycles. The fraction of sp³-hybridized carbons (Fsp3) is 0.250. The number of nitrogens with one attached hydrogen (secondary N) is 2. The summed E-state index contributed by atoms with van der Waals surface area (Å²) in [6.45, 7) is -0.184. The Bertz CT molecular complexity index is 966. The van der Waals surface area contributed by atoms with Crippen molar-refractivity contribution in [2.24, 2.45) is 4.99 Å². The molecule has 0 bridgehead atoms. The van der Waals surface area contributed by atoms with Crippen LogP contribution in [0.4, 0.5) is 8.78 Å². The number of benzene rings is 1. The summed E-state index contributed by atoms with van der Waals surface area (Å²) in [6, 6.07) is 10.7. The van der Waals surface area contributed by atoms with E-state index < -0.39 is 6.61 Å². The molecule has 3 rings (SSSR count). The number of ether oxygens (including phenoxy) is 1. The molecule has 0 aliphatic rings. The minimum atomic E-state index is -2.87. The number of aliphatic imine (C=N–C) groups is 1. The number of nitrogens with zero attached hydrogens (tertiary/aromatic N) is 4. The first-order valence-electron chi connectivity index (χ1n) is 8.99. The van der Waals surface area contributed by atoms with Gasteiger partial charge in [0.1, 0.15) is 5.75 Å². The number of rotatable bonds is 7. The Kier molecular flexibility index (Phi) is 8.96. The maximum Gasteiger partial charge on any atom is 0.387 e. The predicted octanol–water partition coefficient (Wildman–Crippen LogP) is 3.66. The number of pyridine rings is 1. The summed E-state index contributed by atoms with van der Waals surface area (Å²) >= 11 is 0. The first-order valence-corrected chi connectivity index (χ1v) is 8.99. The van der Waals surface area contributed by atoms with E-state index in [0.717, 1.165) is 11.1 Å². The van der Waals surface area contributed by atoms with Crippen molar-refractivity contribution >= 4 is 29.9 Å². The summed E-state index contributed by atoms with van der Waals surface area (Å²) in [7, 11) is 1.64. The molecule has 0 spiro atoms. The van der Waals surface area contributed by atoms with E-state index in [4.69, 9.17) is 0 Å². The molecule has 0 aliphatic heterocycles. The predicted molar refractivity (Wildman–Crippen MR) is 122 cm³/mol. The summed E-state index contributed by atoms with van der Waals surface area (Å²) in [4.78, 5) is 8.47. The summed E-state index contributed by atoms with van der Waals surface area (Å²) in [5, 5.41) is 10.5. The first kappa shape index (κ1) is 23.5. The Labute approximate surface area is 190 Å². The van der Waals surface area contributed by atoms with Gasteiger partial charge in [0.15, 0.2) is 11.8 Å². The molecule has 7 nitrogen and oxygen atoms in total. The van der Waals surface area contributed by atoms with E-state index in [1.54, 1.807) is 42.3 Å². The number of hydrogen-bond acceptors (Lipinski definition) is 4. The number of aryl methyl sites for hydroxylation is 1. The van der Waals surface area contributed by atoms with Gasteiger partial charge in [-0.15, -0.1) is 24.0 Å². The van der Waals surface area contributed by atoms with Crippen LogP contribution in [0, 0.1) is 6.92 Å². The lowest BCUT2D eigenvalue weighted by Crippen LogP contribution is -2.36. The molecule has 160 valence electrons. The minimum Gasteiger partial charge on any atom is -0.434 e. The third-order valence-electron chi connectivity index (χ3n) is 4.11. The molecular formula is C20H23F2IN6O. The van der Waals surface area contributed by atoms with E-state index in [9.17, 15) is 8.78 Å². The highest BCUT2D eigenvalue weighted by atomic mass is 127. The van der Waals surface area contributed by atoms with Crippen molar-refractivity contribution < 1.29 is 13.5 Å². The van der Waals surface area contributed by atoms with Gasteiger partial charge < -0.3 is 15.4 Å². The van der Waals surface area contributed by atoms with Crippen LogP contribution >= 0.6 is 24.0 Å². The highest BCUT2D eigenvalue weighted by Crippen LogP contribution is 2.22. The van der Waals surface area contributed by atoms with Gasteiger partial charge in [-0.1, -0.05) is 17.7 Å². The molecule has 10 heteroatoms. The Hall–Kier alpha value is -2.76. The van der Waals surface area contributed by atoms with E-state index in [1.807, 2.05) is 31.3 Å². The van der Waals surface area contributed by atoms with Gasteiger partial charge >= 0.3 is 6.61 Å². The molecule has 2 aromatic heterocycles. The lowest BCUT2D eigenvalue weighted by Gasteiger charge is -2.15. The van der Waals surface area contributed by atoms with Crippen LogP contribution in [0.3, 0.4) is 0 Å². The second kappa shape index (κ2) is 11.4. The molecule has 30 heavy (non-hydrogen) atoms. The summed E-state index contributed by atoms with van der Waals surface area (Å²) in [6.07, 6.45) is 5.22. The van der Waals surface area contributed by atoms with Gasteiger partial charge in [0.05, 0.1) is 0 Å². The fourth-order valence-electron chi connectivity index (χ4n) is 2.74. The molecule has 0 unspecified atom stereocenters. The Morgan fingerprint density at radius 3 is 2.67 bits per heavy atom. The molecule has 2 N–H and O–H groups in total. The zero-order valence-corrected chi connectivity index (χ0v) is 18.9. The average molecular weight is 528 g/mol. The minimum absolute atomic E-state index is 0. The third-order valence-corrected chi connectivity index (χ3v) is 4.11. The van der Waals surface area contributed by atoms with Gasteiger partial charge in [-0.2, -0.15) is 13.9 Å². The smallest absolute Gasteiger partial charge is 0.387 e. The number of alkyl halides is 2. The van der Waals surface area contributed by atoms with Gasteiger partial charge in [-0.25, -0.2) is 9.67 Å². The van der Waals surface area contributed by atoms with Crippen LogP contribution in [0.1, 0.15) is 16.7 Å². The van der Waals surface area contributed by atoms with Crippen molar-refractivity contribution in [2.75, 3.05) is 7.05 Å². The normalized spacial score (nSPS) is 11.2. The SMILES string of the molecule is CN=C(NCc1ccnc(-n2cccn2)c1)NCc1cc(C)ccc1OC(F)F.I. The molecule has 0 fully saturated rings. The summed E-state index contributed by atoms with van der Waals surface area (Å²) in [5.41, 5.74) is 2.57. The summed E-state index contributed by atoms with van der Waals surface area (Å²) in [5.74, 6) is 1.39. The maximum atomic E-state index is 12.6. The zero-order chi connectivity index (χ0) is 20.6. The number of aromatic nitrogens is 3. The Balaban J connectivity index is 0.00000320. The van der Waals surface area contributed by atoms with Gasteiger partial charge in [-0.3, -0.25) is 4.99 Å². The maximum absolute atomic E-state index is 12.6. The zero-order valence-electron chi connectivity index (χ0n) is 16.5. The Morgan fingerprint density at radius 2 is 1.97 bits per heavy atom. The second-order valence-corrected chi connectivity index (χ2v) is 6.24. The van der Waals surface area contributed by atoms with Crippen LogP contribution in [0.15, 0.2) is 60.0 Å². The standard InChI is InChI=1S/C20H22F2N6O.HI/c1-14-4-5-17(29-19(21)22)16(10-14)13-26-20(23-2)25-12-15-6-8-24-18(11-15)28-9-3-7-27-28;/h3-11,19H,12-13H2,1-2H3,(H2,23,25,26);1H. The molecule has 0 atom stereocenters. The molecule has 0 aliphatic carbocycles. The van der Waals surface area contributed by atoms with E-state index in [1.165, 1.54) is 0 Å². The van der Waals surface area contributed by atoms with Crippen molar-refractivity contribution in [3.8, 4) is 11.6 Å². The molecule has 0 amide bonds. The van der Waals surface area contributed by atoms with E-state index >= 15 is 0 Å². The lowest BCUT2D eigenvalue weighted by molar-refractivity contribution is -0.0504. The first-order chi connectivity index (χ1) is 14.0. The highest BCUT2D eigenvalue weighted by Gasteiger charge is 2.10. The topological polar surface area (TPSA) is 76.4 Å². The molecule has 0 saturated carbocycles. The van der Waals surface area contributed by atoms with Crippen molar-refractivity contribution in [2.45, 2.75) is 26.6 Å². The monoisotopic (exact) mass is 528 g/mol. The van der Waals surface area contributed by atoms with Crippen LogP contribution in [0.25, 0.3) is 5.82 Å². The molecule has 3 aromatic rings. The van der Waals surface area contributed by atoms with Crippen molar-refractivity contribution in [1.82, 2.24) is 25.4 Å². The van der Waals surface area contributed by atoms with Crippen LogP contribution in [0.2, 0.25) is 0 Å². The van der Waals surface area contributed by atoms with Crippen LogP contribution < -0.4 is 15.4 Å². The van der Waals surface area contributed by atoms with Gasteiger partial charge in [0.2, 0.25) is 0 Å². The molecular weight excluding hydrogens is 505 g/mol. The van der Waals surface area contributed by atoms with Crippen molar-refractivity contribution in [3.63, 3.8) is 0 Å². The van der Waals surface area contributed by atoms with Gasteiger partial charge in [0, 0.05) is 44.3 Å². The fourth-order valence-corrected chi connectivity index (χ4v) is 2.74. The highest BCUT2D eigenvalue weighted by molar-refractivity contribution is 14.0. The average Bonchev–Trinajstić information content (AvgIpc) is 3.25. The Morgan fingerprint density at radius 1 is 1.17 bits per heavy atom. The van der Waals surface area contributed by atoms with Crippen LogP contribution in [-0.4, -0.2) is 34.4 Å². The number of hydrogen-bond donors (Lipinski definition) is 2. The molecule has 0 saturated heterocycles. The molecule has 0 radical (unpaired) electrons. The van der Waals surface area contributed by atoms with Gasteiger partial charge in [0.25, 0.3) is 0 Å². The van der Waals surface area contributed by atoms with E-state index in [-0.39, 0.29) is 36.3 Å². The van der Waals surface area contributed by atoms with Crippen molar-refractivity contribution in [3.05, 3.63) is 71.7 Å². The van der Waals surface area contributed by atoms with E-state index in [0.29, 0.717) is 23.9 Å². The number of guanidine groups is 1. The quantitative estimate of drug-likeness (QED) is 0.278. The van der Waals surface area contributed by atoms with Crippen molar-refractivity contribution in [1.29, 1.82) is 0 Å². The second-order valence-electron chi connectivity index (χ2n) is 6.24. The number of halogens is 3. The largest absolute Gasteiger partial charge is 0.434 e. The van der Waals surface area contributed by atoms with Gasteiger partial charge in [-0.05, 0) is 36.8 Å². The van der Waals surface area contributed by atoms with E-state index in [2.05, 4.69) is 30.4 Å². The molecule has 1 aromatic carbocycles. The van der Waals surface area contributed by atoms with Crippen LogP contribution in [0.5, 0.6) is 5.75 Å². The summed E-state index contributed by atoms with van der Waals surface area (Å²) < 4.78 is 31.5. The van der Waals surface area contributed by atoms with Crippen LogP contribution in [-0.2, 0) is 13.1 Å². The lowest BCUT2D eigenvalue weighted by atomic mass is 10.1.